The number of hydrogen-bond donors (Lipinski definition) is 1. The number of aliphatic hydroxyl groups is 1. The highest BCUT2D eigenvalue weighted by atomic mass is 79.9. The Balaban J connectivity index is 0.00000336. The van der Waals surface area contributed by atoms with Crippen molar-refractivity contribution in [1.82, 2.24) is 9.88 Å². The second kappa shape index (κ2) is 11.8. The number of ether oxygens (including phenoxy) is 1. The number of aromatic nitrogens is 1. The highest BCUT2D eigenvalue weighted by Crippen LogP contribution is 2.49. The first kappa shape index (κ1) is 28.1. The van der Waals surface area contributed by atoms with E-state index in [1.165, 1.54) is 0 Å². The summed E-state index contributed by atoms with van der Waals surface area (Å²) in [4.78, 5) is 7.00. The number of benzene rings is 4. The van der Waals surface area contributed by atoms with E-state index in [9.17, 15) is 5.11 Å². The minimum atomic E-state index is -1.25. The molecule has 5 aromatic rings. The fourth-order valence-corrected chi connectivity index (χ4v) is 5.68. The third-order valence-electron chi connectivity index (χ3n) is 7.08. The molecule has 6 heteroatoms. The van der Waals surface area contributed by atoms with E-state index in [1.54, 1.807) is 7.11 Å². The van der Waals surface area contributed by atoms with E-state index >= 15 is 0 Å². The molecule has 0 aliphatic rings. The molecule has 0 spiro atoms. The lowest BCUT2D eigenvalue weighted by molar-refractivity contribution is 0.00520. The molecule has 1 aromatic heterocycles. The Kier molecular flexibility index (Phi) is 8.74. The summed E-state index contributed by atoms with van der Waals surface area (Å²) in [5.74, 6) is 0.0949. The maximum atomic E-state index is 13.0. The van der Waals surface area contributed by atoms with E-state index in [0.29, 0.717) is 18.8 Å². The Labute approximate surface area is 238 Å². The van der Waals surface area contributed by atoms with Crippen molar-refractivity contribution in [3.8, 4) is 5.88 Å². The van der Waals surface area contributed by atoms with Crippen molar-refractivity contribution < 1.29 is 9.84 Å². The van der Waals surface area contributed by atoms with Gasteiger partial charge in [0.2, 0.25) is 5.88 Å². The number of rotatable bonds is 8. The average molecular weight is 592 g/mol. The zero-order chi connectivity index (χ0) is 26.0. The van der Waals surface area contributed by atoms with Gasteiger partial charge in [-0.3, -0.25) is 0 Å². The number of halogens is 2. The van der Waals surface area contributed by atoms with Gasteiger partial charge in [-0.25, -0.2) is 4.98 Å². The summed E-state index contributed by atoms with van der Waals surface area (Å²) in [6.45, 7) is 0.706. The van der Waals surface area contributed by atoms with Gasteiger partial charge in [-0.2, -0.15) is 0 Å². The lowest BCUT2D eigenvalue weighted by Gasteiger charge is -2.39. The van der Waals surface area contributed by atoms with Gasteiger partial charge in [0.25, 0.3) is 0 Å². The van der Waals surface area contributed by atoms with Crippen LogP contribution in [0.25, 0.3) is 21.7 Å². The monoisotopic (exact) mass is 590 g/mol. The standard InChI is InChI=1S/C32H31BrN2O2.ClH/c1-35(2)19-18-32(36,28-15-9-13-22-10-7-8-14-26(22)28)30(23-11-5-4-6-12-23)27-21-24-20-25(33)16-17-29(24)34-31(27)37-3;/h4-17,20-21,30,36H,18-19H2,1-3H3;1H/t30-,32-;/m1./s1. The van der Waals surface area contributed by atoms with Crippen LogP contribution >= 0.6 is 28.3 Å². The molecule has 196 valence electrons. The van der Waals surface area contributed by atoms with Crippen LogP contribution in [0.1, 0.15) is 29.0 Å². The molecule has 1 heterocycles. The molecule has 4 nitrogen and oxygen atoms in total. The number of methoxy groups -OCH3 is 1. The third-order valence-corrected chi connectivity index (χ3v) is 7.57. The van der Waals surface area contributed by atoms with Gasteiger partial charge in [0, 0.05) is 27.9 Å². The first-order valence-electron chi connectivity index (χ1n) is 12.4. The molecule has 0 saturated heterocycles. The first-order valence-corrected chi connectivity index (χ1v) is 13.2. The number of hydrogen-bond acceptors (Lipinski definition) is 4. The molecule has 0 fully saturated rings. The van der Waals surface area contributed by atoms with Crippen LogP contribution in [-0.4, -0.2) is 42.7 Å². The minimum Gasteiger partial charge on any atom is -0.481 e. The lowest BCUT2D eigenvalue weighted by atomic mass is 9.70. The zero-order valence-electron chi connectivity index (χ0n) is 21.8. The molecular weight excluding hydrogens is 560 g/mol. The van der Waals surface area contributed by atoms with Crippen LogP contribution in [0.3, 0.4) is 0 Å². The quantitative estimate of drug-likeness (QED) is 0.202. The van der Waals surface area contributed by atoms with Gasteiger partial charge in [-0.1, -0.05) is 88.7 Å². The summed E-state index contributed by atoms with van der Waals surface area (Å²) in [7, 11) is 5.73. The Morgan fingerprint density at radius 2 is 1.61 bits per heavy atom. The summed E-state index contributed by atoms with van der Waals surface area (Å²) < 4.78 is 6.86. The molecule has 0 aliphatic heterocycles. The van der Waals surface area contributed by atoms with E-state index in [2.05, 4.69) is 69.4 Å². The first-order chi connectivity index (χ1) is 17.9. The smallest absolute Gasteiger partial charge is 0.217 e. The van der Waals surface area contributed by atoms with Gasteiger partial charge < -0.3 is 14.7 Å². The fraction of sp³-hybridized carbons (Fsp3) is 0.219. The molecule has 0 unspecified atom stereocenters. The molecular formula is C32H32BrClN2O2. The molecule has 0 amide bonds. The van der Waals surface area contributed by atoms with Crippen molar-refractivity contribution in [2.45, 2.75) is 17.9 Å². The molecule has 4 aromatic carbocycles. The number of fused-ring (bicyclic) bond motifs is 2. The van der Waals surface area contributed by atoms with Crippen molar-refractivity contribution in [2.24, 2.45) is 0 Å². The highest BCUT2D eigenvalue weighted by molar-refractivity contribution is 9.10. The van der Waals surface area contributed by atoms with E-state index in [0.717, 1.165) is 42.8 Å². The molecule has 2 atom stereocenters. The van der Waals surface area contributed by atoms with Gasteiger partial charge in [0.1, 0.15) is 5.60 Å². The maximum Gasteiger partial charge on any atom is 0.217 e. The summed E-state index contributed by atoms with van der Waals surface area (Å²) in [6, 6.07) is 32.8. The molecule has 0 aliphatic carbocycles. The van der Waals surface area contributed by atoms with Crippen molar-refractivity contribution >= 4 is 50.0 Å². The topological polar surface area (TPSA) is 45.6 Å². The second-order valence-electron chi connectivity index (χ2n) is 9.77. The van der Waals surface area contributed by atoms with Crippen LogP contribution in [0.15, 0.2) is 102 Å². The average Bonchev–Trinajstić information content (AvgIpc) is 2.92. The van der Waals surface area contributed by atoms with E-state index in [4.69, 9.17) is 9.72 Å². The normalized spacial score (nSPS) is 13.7. The SMILES string of the molecule is COc1nc2ccc(Br)cc2cc1[C@@H](c1ccccc1)[C@@](O)(CCN(C)C)c1cccc2ccccc12.Cl. The van der Waals surface area contributed by atoms with Gasteiger partial charge in [-0.05, 0) is 66.7 Å². The van der Waals surface area contributed by atoms with E-state index in [-0.39, 0.29) is 12.4 Å². The molecule has 5 rings (SSSR count). The second-order valence-corrected chi connectivity index (χ2v) is 10.7. The van der Waals surface area contributed by atoms with Crippen LogP contribution < -0.4 is 4.74 Å². The summed E-state index contributed by atoms with van der Waals surface area (Å²) in [6.07, 6.45) is 0.521. The van der Waals surface area contributed by atoms with Crippen LogP contribution in [0.5, 0.6) is 5.88 Å². The fourth-order valence-electron chi connectivity index (χ4n) is 5.31. The summed E-state index contributed by atoms with van der Waals surface area (Å²) in [5.41, 5.74) is 2.36. The Hall–Kier alpha value is -2.96. The van der Waals surface area contributed by atoms with Gasteiger partial charge in [0.15, 0.2) is 0 Å². The summed E-state index contributed by atoms with van der Waals surface area (Å²) >= 11 is 3.60. The van der Waals surface area contributed by atoms with Crippen molar-refractivity contribution in [3.63, 3.8) is 0 Å². The molecule has 1 N–H and O–H groups in total. The van der Waals surface area contributed by atoms with Crippen molar-refractivity contribution in [3.05, 3.63) is 118 Å². The van der Waals surface area contributed by atoms with Crippen LogP contribution in [0, 0.1) is 0 Å². The molecule has 0 saturated carbocycles. The highest BCUT2D eigenvalue weighted by Gasteiger charge is 2.43. The lowest BCUT2D eigenvalue weighted by Crippen LogP contribution is -2.38. The molecule has 38 heavy (non-hydrogen) atoms. The summed E-state index contributed by atoms with van der Waals surface area (Å²) in [5, 5.41) is 16.2. The molecule has 0 bridgehead atoms. The minimum absolute atomic E-state index is 0. The Morgan fingerprint density at radius 1 is 0.895 bits per heavy atom. The Bertz CT molecular complexity index is 1540. The van der Waals surface area contributed by atoms with Crippen molar-refractivity contribution in [2.75, 3.05) is 27.7 Å². The molecule has 0 radical (unpaired) electrons. The number of nitrogens with zero attached hydrogens (tertiary/aromatic N) is 2. The predicted octanol–water partition coefficient (Wildman–Crippen LogP) is 7.55. The predicted molar refractivity (Wildman–Crippen MR) is 163 cm³/mol. The van der Waals surface area contributed by atoms with Gasteiger partial charge in [0.05, 0.1) is 12.6 Å². The largest absolute Gasteiger partial charge is 0.481 e. The maximum absolute atomic E-state index is 13.0. The third kappa shape index (κ3) is 5.43. The Morgan fingerprint density at radius 3 is 2.34 bits per heavy atom. The van der Waals surface area contributed by atoms with Crippen LogP contribution in [-0.2, 0) is 5.60 Å². The number of pyridine rings is 1. The van der Waals surface area contributed by atoms with Crippen LogP contribution in [0.2, 0.25) is 0 Å². The van der Waals surface area contributed by atoms with Gasteiger partial charge >= 0.3 is 0 Å². The van der Waals surface area contributed by atoms with E-state index in [1.807, 2.05) is 62.6 Å². The van der Waals surface area contributed by atoms with Gasteiger partial charge in [-0.15, -0.1) is 12.4 Å². The van der Waals surface area contributed by atoms with Crippen molar-refractivity contribution in [1.29, 1.82) is 0 Å². The van der Waals surface area contributed by atoms with Crippen LogP contribution in [0.4, 0.5) is 0 Å². The zero-order valence-corrected chi connectivity index (χ0v) is 24.2. The van der Waals surface area contributed by atoms with E-state index < -0.39 is 11.5 Å².